The molecule has 7 nitrogen and oxygen atoms in total. The van der Waals surface area contributed by atoms with Crippen LogP contribution in [0.2, 0.25) is 0 Å². The molecule has 0 saturated carbocycles. The van der Waals surface area contributed by atoms with Crippen molar-refractivity contribution in [1.29, 1.82) is 0 Å². The van der Waals surface area contributed by atoms with Crippen molar-refractivity contribution in [2.45, 2.75) is 44.7 Å². The summed E-state index contributed by atoms with van der Waals surface area (Å²) in [6.07, 6.45) is 7.42. The summed E-state index contributed by atoms with van der Waals surface area (Å²) in [6.45, 7) is 4.59. The molecule has 7 heteroatoms. The Kier molecular flexibility index (Phi) is 5.90. The third-order valence-corrected chi connectivity index (χ3v) is 5.79. The molecule has 3 heterocycles. The Morgan fingerprint density at radius 3 is 2.64 bits per heavy atom. The van der Waals surface area contributed by atoms with Crippen LogP contribution in [0.15, 0.2) is 30.5 Å². The Bertz CT molecular complexity index is 782. The second-order valence-electron chi connectivity index (χ2n) is 7.82. The zero-order valence-electron chi connectivity index (χ0n) is 16.6. The first kappa shape index (κ1) is 18.9. The lowest BCUT2D eigenvalue weighted by atomic mass is 10.0. The molecule has 2 aliphatic rings. The number of methoxy groups -OCH3 is 1. The van der Waals surface area contributed by atoms with E-state index in [1.54, 1.807) is 7.11 Å². The van der Waals surface area contributed by atoms with Crippen molar-refractivity contribution in [2.75, 3.05) is 33.3 Å². The number of rotatable bonds is 5. The molecule has 1 amide bonds. The lowest BCUT2D eigenvalue weighted by Gasteiger charge is -2.32. The number of nitrogens with zero attached hydrogens (tertiary/aromatic N) is 5. The highest BCUT2D eigenvalue weighted by atomic mass is 16.5. The van der Waals surface area contributed by atoms with Crippen LogP contribution in [0.5, 0.6) is 5.75 Å². The fourth-order valence-electron chi connectivity index (χ4n) is 4.19. The van der Waals surface area contributed by atoms with Crippen molar-refractivity contribution >= 4 is 5.91 Å². The number of amides is 1. The summed E-state index contributed by atoms with van der Waals surface area (Å²) in [4.78, 5) is 17.0. The molecule has 0 spiro atoms. The van der Waals surface area contributed by atoms with Crippen molar-refractivity contribution < 1.29 is 9.53 Å². The van der Waals surface area contributed by atoms with Gasteiger partial charge in [-0.05, 0) is 56.3 Å². The van der Waals surface area contributed by atoms with Crippen molar-refractivity contribution in [3.05, 3.63) is 41.7 Å². The minimum atomic E-state index is 0.0249. The third kappa shape index (κ3) is 4.35. The maximum atomic E-state index is 12.6. The first-order valence-electron chi connectivity index (χ1n) is 10.3. The van der Waals surface area contributed by atoms with Crippen LogP contribution in [0.1, 0.15) is 54.2 Å². The lowest BCUT2D eigenvalue weighted by Crippen LogP contribution is -2.36. The molecule has 1 atom stereocenters. The van der Waals surface area contributed by atoms with E-state index >= 15 is 0 Å². The van der Waals surface area contributed by atoms with Crippen LogP contribution >= 0.6 is 0 Å². The topological polar surface area (TPSA) is 63.5 Å². The number of piperidine rings is 2. The van der Waals surface area contributed by atoms with Gasteiger partial charge in [0, 0.05) is 26.2 Å². The molecule has 150 valence electrons. The Hall–Kier alpha value is -2.41. The van der Waals surface area contributed by atoms with Crippen molar-refractivity contribution in [2.24, 2.45) is 0 Å². The van der Waals surface area contributed by atoms with Crippen LogP contribution in [0, 0.1) is 0 Å². The molecule has 4 rings (SSSR count). The van der Waals surface area contributed by atoms with Gasteiger partial charge in [0.1, 0.15) is 5.75 Å². The molecule has 28 heavy (non-hydrogen) atoms. The summed E-state index contributed by atoms with van der Waals surface area (Å²) in [5.41, 5.74) is 1.76. The Morgan fingerprint density at radius 2 is 1.89 bits per heavy atom. The zero-order chi connectivity index (χ0) is 19.3. The maximum Gasteiger partial charge on any atom is 0.276 e. The van der Waals surface area contributed by atoms with Gasteiger partial charge < -0.3 is 9.64 Å². The number of benzene rings is 1. The fourth-order valence-corrected chi connectivity index (χ4v) is 4.19. The van der Waals surface area contributed by atoms with Gasteiger partial charge in [-0.1, -0.05) is 17.3 Å². The number of carbonyl (C=O) groups excluding carboxylic acids is 1. The number of hydrogen-bond donors (Lipinski definition) is 0. The number of ether oxygens (including phenoxy) is 1. The minimum absolute atomic E-state index is 0.0249. The summed E-state index contributed by atoms with van der Waals surface area (Å²) < 4.78 is 7.14. The van der Waals surface area contributed by atoms with Gasteiger partial charge in [-0.3, -0.25) is 9.69 Å². The van der Waals surface area contributed by atoms with E-state index in [-0.39, 0.29) is 11.9 Å². The van der Waals surface area contributed by atoms with Gasteiger partial charge >= 0.3 is 0 Å². The lowest BCUT2D eigenvalue weighted by molar-refractivity contribution is 0.0718. The van der Waals surface area contributed by atoms with Crippen LogP contribution in [0.3, 0.4) is 0 Å². The SMILES string of the molecule is COc1ccc(CN2CCC[C@@H](n3cc(C(=O)N4CCCCC4)nn3)C2)cc1. The summed E-state index contributed by atoms with van der Waals surface area (Å²) in [5.74, 6) is 0.908. The highest BCUT2D eigenvalue weighted by Gasteiger charge is 2.25. The first-order valence-corrected chi connectivity index (χ1v) is 10.3. The van der Waals surface area contributed by atoms with Gasteiger partial charge in [0.15, 0.2) is 5.69 Å². The van der Waals surface area contributed by atoms with Gasteiger partial charge in [-0.2, -0.15) is 0 Å². The maximum absolute atomic E-state index is 12.6. The van der Waals surface area contributed by atoms with E-state index in [0.29, 0.717) is 5.69 Å². The van der Waals surface area contributed by atoms with E-state index < -0.39 is 0 Å². The van der Waals surface area contributed by atoms with Crippen LogP contribution in [0.25, 0.3) is 0 Å². The third-order valence-electron chi connectivity index (χ3n) is 5.79. The molecule has 0 unspecified atom stereocenters. The van der Waals surface area contributed by atoms with Gasteiger partial charge in [-0.15, -0.1) is 5.10 Å². The molecule has 2 aliphatic heterocycles. The standard InChI is InChI=1S/C21H29N5O2/c1-28-19-9-7-17(8-10-19)14-24-11-5-6-18(15-24)26-16-20(22-23-26)21(27)25-12-3-2-4-13-25/h7-10,16,18H,2-6,11-15H2,1H3/t18-/m1/s1. The van der Waals surface area contributed by atoms with Crippen LogP contribution in [-0.2, 0) is 6.54 Å². The molecule has 2 saturated heterocycles. The zero-order valence-corrected chi connectivity index (χ0v) is 16.6. The van der Waals surface area contributed by atoms with E-state index in [9.17, 15) is 4.79 Å². The van der Waals surface area contributed by atoms with E-state index in [4.69, 9.17) is 4.74 Å². The smallest absolute Gasteiger partial charge is 0.276 e. The van der Waals surface area contributed by atoms with E-state index in [1.165, 1.54) is 12.0 Å². The summed E-state index contributed by atoms with van der Waals surface area (Å²) >= 11 is 0. The summed E-state index contributed by atoms with van der Waals surface area (Å²) in [7, 11) is 1.69. The molecule has 1 aromatic carbocycles. The molecule has 0 N–H and O–H groups in total. The molecule has 2 aromatic rings. The normalized spacial score (nSPS) is 20.9. The molecule has 1 aromatic heterocycles. The van der Waals surface area contributed by atoms with Crippen LogP contribution < -0.4 is 4.74 Å². The van der Waals surface area contributed by atoms with Crippen molar-refractivity contribution in [1.82, 2.24) is 24.8 Å². The highest BCUT2D eigenvalue weighted by molar-refractivity contribution is 5.91. The van der Waals surface area contributed by atoms with Crippen molar-refractivity contribution in [3.63, 3.8) is 0 Å². The van der Waals surface area contributed by atoms with E-state index in [0.717, 1.165) is 64.2 Å². The highest BCUT2D eigenvalue weighted by Crippen LogP contribution is 2.23. The number of hydrogen-bond acceptors (Lipinski definition) is 5. The average Bonchev–Trinajstić information content (AvgIpc) is 3.25. The minimum Gasteiger partial charge on any atom is -0.497 e. The molecule has 0 aliphatic carbocycles. The largest absolute Gasteiger partial charge is 0.497 e. The molecular formula is C21H29N5O2. The Morgan fingerprint density at radius 1 is 1.11 bits per heavy atom. The van der Waals surface area contributed by atoms with Crippen LogP contribution in [-0.4, -0.2) is 64.0 Å². The quantitative estimate of drug-likeness (QED) is 0.794. The second kappa shape index (κ2) is 8.73. The number of likely N-dealkylation sites (tertiary alicyclic amines) is 2. The molecule has 2 fully saturated rings. The number of aromatic nitrogens is 3. The first-order chi connectivity index (χ1) is 13.7. The van der Waals surface area contributed by atoms with E-state index in [2.05, 4.69) is 27.3 Å². The van der Waals surface area contributed by atoms with Gasteiger partial charge in [0.05, 0.1) is 19.3 Å². The molecule has 0 bridgehead atoms. The van der Waals surface area contributed by atoms with E-state index in [1.807, 2.05) is 27.9 Å². The summed E-state index contributed by atoms with van der Waals surface area (Å²) in [6, 6.07) is 8.52. The monoisotopic (exact) mass is 383 g/mol. The predicted octanol–water partition coefficient (Wildman–Crippen LogP) is 2.75. The fraction of sp³-hybridized carbons (Fsp3) is 0.571. The predicted molar refractivity (Wildman–Crippen MR) is 106 cm³/mol. The molecule has 0 radical (unpaired) electrons. The van der Waals surface area contributed by atoms with Gasteiger partial charge in [0.25, 0.3) is 5.91 Å². The van der Waals surface area contributed by atoms with Gasteiger partial charge in [-0.25, -0.2) is 4.68 Å². The number of carbonyl (C=O) groups is 1. The summed E-state index contributed by atoms with van der Waals surface area (Å²) in [5, 5.41) is 8.48. The second-order valence-corrected chi connectivity index (χ2v) is 7.82. The van der Waals surface area contributed by atoms with Crippen LogP contribution in [0.4, 0.5) is 0 Å². The van der Waals surface area contributed by atoms with Gasteiger partial charge in [0.2, 0.25) is 0 Å². The van der Waals surface area contributed by atoms with Crippen molar-refractivity contribution in [3.8, 4) is 5.75 Å². The Balaban J connectivity index is 1.37. The molecular weight excluding hydrogens is 354 g/mol. The Labute approximate surface area is 166 Å². The average molecular weight is 383 g/mol.